The Balaban J connectivity index is 1.82. The molecule has 124 valence electrons. The zero-order valence-corrected chi connectivity index (χ0v) is 13.6. The fourth-order valence-electron chi connectivity index (χ4n) is 3.68. The number of aromatic amines is 1. The van der Waals surface area contributed by atoms with Crippen molar-refractivity contribution in [3.05, 3.63) is 33.2 Å². The third-order valence-corrected chi connectivity index (χ3v) is 4.94. The summed E-state index contributed by atoms with van der Waals surface area (Å²) in [5, 5.41) is 2.98. The first-order valence-electron chi connectivity index (χ1n) is 8.65. The van der Waals surface area contributed by atoms with Crippen LogP contribution in [-0.2, 0) is 6.42 Å². The second kappa shape index (κ2) is 6.69. The molecule has 5 nitrogen and oxygen atoms in total. The van der Waals surface area contributed by atoms with Crippen LogP contribution in [0.2, 0.25) is 0 Å². The van der Waals surface area contributed by atoms with E-state index in [-0.39, 0.29) is 29.2 Å². The summed E-state index contributed by atoms with van der Waals surface area (Å²) < 4.78 is 0. The van der Waals surface area contributed by atoms with Gasteiger partial charge < -0.3 is 10.3 Å². The van der Waals surface area contributed by atoms with E-state index in [1.165, 1.54) is 18.9 Å². The van der Waals surface area contributed by atoms with Gasteiger partial charge in [-0.05, 0) is 31.2 Å². The first kappa shape index (κ1) is 16.0. The van der Waals surface area contributed by atoms with Crippen LogP contribution in [0.25, 0.3) is 0 Å². The molecular formula is C18H24N2O3. The van der Waals surface area contributed by atoms with Crippen LogP contribution in [0.1, 0.15) is 78.3 Å². The average molecular weight is 316 g/mol. The number of rotatable bonds is 2. The number of nitrogens with one attached hydrogen (secondary N) is 2. The zero-order chi connectivity index (χ0) is 16.4. The van der Waals surface area contributed by atoms with E-state index >= 15 is 0 Å². The lowest BCUT2D eigenvalue weighted by Gasteiger charge is -2.21. The lowest BCUT2D eigenvalue weighted by atomic mass is 9.86. The summed E-state index contributed by atoms with van der Waals surface area (Å²) in [4.78, 5) is 39.6. The molecule has 0 unspecified atom stereocenters. The van der Waals surface area contributed by atoms with Gasteiger partial charge in [-0.2, -0.15) is 0 Å². The van der Waals surface area contributed by atoms with Crippen LogP contribution in [0, 0.1) is 5.92 Å². The smallest absolute Gasteiger partial charge is 0.261 e. The summed E-state index contributed by atoms with van der Waals surface area (Å²) >= 11 is 0. The van der Waals surface area contributed by atoms with Crippen molar-refractivity contribution in [1.82, 2.24) is 10.3 Å². The lowest BCUT2D eigenvalue weighted by molar-refractivity contribution is 0.0931. The van der Waals surface area contributed by atoms with E-state index in [0.717, 1.165) is 25.7 Å². The van der Waals surface area contributed by atoms with Crippen molar-refractivity contribution in [2.45, 2.75) is 64.3 Å². The van der Waals surface area contributed by atoms with Gasteiger partial charge in [0.25, 0.3) is 11.5 Å². The first-order valence-corrected chi connectivity index (χ1v) is 8.65. The van der Waals surface area contributed by atoms with E-state index in [4.69, 9.17) is 0 Å². The summed E-state index contributed by atoms with van der Waals surface area (Å²) in [6, 6.07) is 1.63. The van der Waals surface area contributed by atoms with Crippen LogP contribution in [0.3, 0.4) is 0 Å². The largest absolute Gasteiger partial charge is 0.349 e. The van der Waals surface area contributed by atoms with Crippen LogP contribution >= 0.6 is 0 Å². The quantitative estimate of drug-likeness (QED) is 0.823. The fraction of sp³-hybridized carbons (Fsp3) is 0.611. The van der Waals surface area contributed by atoms with Crippen LogP contribution in [-0.4, -0.2) is 22.7 Å². The normalized spacial score (nSPS) is 22.3. The molecule has 5 heteroatoms. The molecule has 0 spiro atoms. The molecule has 1 heterocycles. The van der Waals surface area contributed by atoms with Gasteiger partial charge in [0, 0.05) is 23.7 Å². The Hall–Kier alpha value is -1.91. The maximum atomic E-state index is 12.5. The number of carbonyl (C=O) groups excluding carboxylic acids is 2. The Bertz CT molecular complexity index is 669. The van der Waals surface area contributed by atoms with Gasteiger partial charge in [0.1, 0.15) is 5.56 Å². The van der Waals surface area contributed by atoms with Crippen LogP contribution in [0.5, 0.6) is 0 Å². The second-order valence-electron chi connectivity index (χ2n) is 7.00. The van der Waals surface area contributed by atoms with Crippen molar-refractivity contribution in [3.8, 4) is 0 Å². The molecule has 1 amide bonds. The van der Waals surface area contributed by atoms with Crippen molar-refractivity contribution in [2.75, 3.05) is 0 Å². The van der Waals surface area contributed by atoms with Crippen molar-refractivity contribution in [1.29, 1.82) is 0 Å². The number of aromatic nitrogens is 1. The molecule has 2 N–H and O–H groups in total. The summed E-state index contributed by atoms with van der Waals surface area (Å²) in [7, 11) is 0. The molecule has 0 saturated heterocycles. The average Bonchev–Trinajstić information content (AvgIpc) is 2.74. The summed E-state index contributed by atoms with van der Waals surface area (Å²) in [6.07, 6.45) is 7.72. The molecule has 3 rings (SSSR count). The third-order valence-electron chi connectivity index (χ3n) is 4.94. The van der Waals surface area contributed by atoms with Crippen molar-refractivity contribution in [3.63, 3.8) is 0 Å². The lowest BCUT2D eigenvalue weighted by Crippen LogP contribution is -2.38. The predicted octanol–water partition coefficient (Wildman–Crippen LogP) is 2.59. The van der Waals surface area contributed by atoms with Gasteiger partial charge in [-0.3, -0.25) is 14.4 Å². The Morgan fingerprint density at radius 1 is 1.13 bits per heavy atom. The topological polar surface area (TPSA) is 79.0 Å². The molecule has 0 radical (unpaired) electrons. The molecule has 2 aliphatic rings. The van der Waals surface area contributed by atoms with E-state index in [2.05, 4.69) is 10.3 Å². The molecule has 0 aromatic carbocycles. The molecule has 1 aromatic rings. The molecule has 1 saturated carbocycles. The van der Waals surface area contributed by atoms with Crippen LogP contribution in [0.15, 0.2) is 10.9 Å². The Morgan fingerprint density at radius 2 is 1.83 bits per heavy atom. The number of hydrogen-bond donors (Lipinski definition) is 2. The van der Waals surface area contributed by atoms with Gasteiger partial charge in [-0.25, -0.2) is 0 Å². The van der Waals surface area contributed by atoms with Crippen LogP contribution < -0.4 is 10.9 Å². The maximum absolute atomic E-state index is 12.5. The van der Waals surface area contributed by atoms with Gasteiger partial charge in [-0.15, -0.1) is 0 Å². The van der Waals surface area contributed by atoms with Gasteiger partial charge in [0.05, 0.1) is 0 Å². The zero-order valence-electron chi connectivity index (χ0n) is 13.6. The van der Waals surface area contributed by atoms with Crippen molar-refractivity contribution >= 4 is 11.7 Å². The molecule has 1 atom stereocenters. The van der Waals surface area contributed by atoms with Gasteiger partial charge in [0.15, 0.2) is 5.78 Å². The van der Waals surface area contributed by atoms with E-state index in [0.29, 0.717) is 24.1 Å². The van der Waals surface area contributed by atoms with E-state index in [9.17, 15) is 14.4 Å². The molecule has 0 aliphatic heterocycles. The molecule has 1 aromatic heterocycles. The van der Waals surface area contributed by atoms with Crippen LogP contribution in [0.4, 0.5) is 0 Å². The highest BCUT2D eigenvalue weighted by atomic mass is 16.2. The number of Topliss-reactive ketones (excluding diaryl/α,β-unsaturated/α-hetero) is 1. The van der Waals surface area contributed by atoms with Gasteiger partial charge >= 0.3 is 0 Å². The molecular weight excluding hydrogens is 292 g/mol. The highest BCUT2D eigenvalue weighted by molar-refractivity contribution is 6.01. The molecule has 2 aliphatic carbocycles. The third kappa shape index (κ3) is 3.54. The number of H-pyrrole nitrogens is 1. The fourth-order valence-corrected chi connectivity index (χ4v) is 3.68. The number of hydrogen-bond acceptors (Lipinski definition) is 3. The minimum Gasteiger partial charge on any atom is -0.349 e. The van der Waals surface area contributed by atoms with Gasteiger partial charge in [-0.1, -0.05) is 32.6 Å². The number of amides is 1. The first-order chi connectivity index (χ1) is 11.0. The standard InChI is InChI=1S/C18H24N2O3/c1-11-8-15-13(16(21)9-11)10-14(18(23)20-15)17(22)19-12-6-4-2-3-5-7-12/h10-12H,2-9H2,1H3,(H,19,22)(H,20,23)/t11-/m1/s1. The number of pyridine rings is 1. The summed E-state index contributed by atoms with van der Waals surface area (Å²) in [5.74, 6) is -0.109. The van der Waals surface area contributed by atoms with E-state index in [1.54, 1.807) is 0 Å². The Labute approximate surface area is 135 Å². The Morgan fingerprint density at radius 3 is 2.52 bits per heavy atom. The molecule has 0 bridgehead atoms. The monoisotopic (exact) mass is 316 g/mol. The number of carbonyl (C=O) groups is 2. The van der Waals surface area contributed by atoms with Crippen molar-refractivity contribution in [2.24, 2.45) is 5.92 Å². The molecule has 23 heavy (non-hydrogen) atoms. The van der Waals surface area contributed by atoms with E-state index < -0.39 is 5.56 Å². The van der Waals surface area contributed by atoms with Crippen molar-refractivity contribution < 1.29 is 9.59 Å². The second-order valence-corrected chi connectivity index (χ2v) is 7.00. The Kier molecular flexibility index (Phi) is 4.64. The highest BCUT2D eigenvalue weighted by Crippen LogP contribution is 2.23. The minimum atomic E-state index is -0.392. The number of fused-ring (bicyclic) bond motifs is 1. The predicted molar refractivity (Wildman–Crippen MR) is 87.8 cm³/mol. The molecule has 1 fully saturated rings. The summed E-state index contributed by atoms with van der Waals surface area (Å²) in [6.45, 7) is 1.99. The maximum Gasteiger partial charge on any atom is 0.261 e. The van der Waals surface area contributed by atoms with E-state index in [1.807, 2.05) is 6.92 Å². The minimum absolute atomic E-state index is 0.0125. The summed E-state index contributed by atoms with van der Waals surface area (Å²) in [5.41, 5.74) is 0.853. The SMILES string of the molecule is C[C@H]1CC(=O)c2cc(C(=O)NC3CCCCCC3)c(=O)[nH]c2C1. The van der Waals surface area contributed by atoms with Gasteiger partial charge in [0.2, 0.25) is 0 Å². The highest BCUT2D eigenvalue weighted by Gasteiger charge is 2.26. The number of ketones is 1.